The number of carboxylic acids is 1. The molecule has 0 radical (unpaired) electrons. The number of aliphatic carboxylic acids is 1. The van der Waals surface area contributed by atoms with Gasteiger partial charge >= 0.3 is 5.97 Å². The van der Waals surface area contributed by atoms with E-state index in [2.05, 4.69) is 10.3 Å². The number of carbonyl (C=O) groups is 2. The summed E-state index contributed by atoms with van der Waals surface area (Å²) in [6, 6.07) is 14.9. The minimum Gasteiger partial charge on any atom is -0.482 e. The summed E-state index contributed by atoms with van der Waals surface area (Å²) in [4.78, 5) is 37.7. The Bertz CT molecular complexity index is 1010. The minimum absolute atomic E-state index is 0.0180. The number of carbonyl (C=O) groups excluding carboxylic acids is 1. The highest BCUT2D eigenvalue weighted by molar-refractivity contribution is 6.05. The van der Waals surface area contributed by atoms with E-state index < -0.39 is 24.0 Å². The monoisotopic (exact) mass is 338 g/mol. The topological polar surface area (TPSA) is 108 Å². The molecule has 2 aromatic carbocycles. The molecule has 0 spiro atoms. The summed E-state index contributed by atoms with van der Waals surface area (Å²) in [6.45, 7) is -0.484. The number of ether oxygens (including phenoxy) is 1. The van der Waals surface area contributed by atoms with E-state index in [1.165, 1.54) is 12.1 Å². The van der Waals surface area contributed by atoms with Crippen molar-refractivity contribution < 1.29 is 19.4 Å². The van der Waals surface area contributed by atoms with E-state index in [1.54, 1.807) is 36.4 Å². The largest absolute Gasteiger partial charge is 0.482 e. The van der Waals surface area contributed by atoms with E-state index >= 15 is 0 Å². The number of carboxylic acid groups (broad SMARTS) is 1. The number of benzene rings is 2. The van der Waals surface area contributed by atoms with Gasteiger partial charge in [-0.15, -0.1) is 0 Å². The van der Waals surface area contributed by atoms with Gasteiger partial charge in [-0.3, -0.25) is 9.59 Å². The normalized spacial score (nSPS) is 10.4. The van der Waals surface area contributed by atoms with Crippen molar-refractivity contribution in [1.82, 2.24) is 4.98 Å². The van der Waals surface area contributed by atoms with Crippen molar-refractivity contribution in [1.29, 1.82) is 0 Å². The number of pyridine rings is 1. The molecule has 0 aliphatic carbocycles. The third-order valence-electron chi connectivity index (χ3n) is 3.45. The average Bonchev–Trinajstić information content (AvgIpc) is 2.59. The van der Waals surface area contributed by atoms with Crippen molar-refractivity contribution in [3.8, 4) is 5.75 Å². The molecule has 0 fully saturated rings. The van der Waals surface area contributed by atoms with Crippen molar-refractivity contribution in [3.05, 3.63) is 70.5 Å². The minimum atomic E-state index is -1.10. The lowest BCUT2D eigenvalue weighted by Gasteiger charge is -2.08. The zero-order valence-electron chi connectivity index (χ0n) is 13.0. The molecule has 0 atom stereocenters. The van der Waals surface area contributed by atoms with Gasteiger partial charge in [-0.25, -0.2) is 4.79 Å². The van der Waals surface area contributed by atoms with E-state index in [-0.39, 0.29) is 5.56 Å². The molecule has 25 heavy (non-hydrogen) atoms. The number of nitrogens with one attached hydrogen (secondary N) is 2. The molecule has 0 bridgehead atoms. The second-order valence-corrected chi connectivity index (χ2v) is 5.26. The Hall–Kier alpha value is -3.61. The van der Waals surface area contributed by atoms with E-state index in [4.69, 9.17) is 9.84 Å². The van der Waals surface area contributed by atoms with Gasteiger partial charge in [0.25, 0.3) is 11.5 Å². The molecule has 1 amide bonds. The Balaban J connectivity index is 1.83. The summed E-state index contributed by atoms with van der Waals surface area (Å²) in [6.07, 6.45) is 0. The zero-order chi connectivity index (χ0) is 17.8. The molecule has 0 aliphatic rings. The van der Waals surface area contributed by atoms with Gasteiger partial charge in [0.2, 0.25) is 0 Å². The van der Waals surface area contributed by atoms with Crippen molar-refractivity contribution in [2.24, 2.45) is 0 Å². The maximum absolute atomic E-state index is 12.4. The molecular weight excluding hydrogens is 324 g/mol. The van der Waals surface area contributed by atoms with Gasteiger partial charge in [-0.1, -0.05) is 24.3 Å². The van der Waals surface area contributed by atoms with Crippen LogP contribution in [0.25, 0.3) is 10.9 Å². The summed E-state index contributed by atoms with van der Waals surface area (Å²) < 4.78 is 5.06. The second kappa shape index (κ2) is 6.88. The van der Waals surface area contributed by atoms with Crippen LogP contribution in [0.4, 0.5) is 5.69 Å². The highest BCUT2D eigenvalue weighted by atomic mass is 16.5. The zero-order valence-corrected chi connectivity index (χ0v) is 13.0. The Morgan fingerprint density at radius 3 is 2.68 bits per heavy atom. The molecule has 126 valence electrons. The lowest BCUT2D eigenvalue weighted by molar-refractivity contribution is -0.139. The summed E-state index contributed by atoms with van der Waals surface area (Å²) in [5.74, 6) is -1.37. The van der Waals surface area contributed by atoms with Crippen LogP contribution >= 0.6 is 0 Å². The number of fused-ring (bicyclic) bond motifs is 1. The number of rotatable bonds is 5. The van der Waals surface area contributed by atoms with Crippen LogP contribution < -0.4 is 15.6 Å². The number of H-pyrrole nitrogens is 1. The smallest absolute Gasteiger partial charge is 0.341 e. The predicted molar refractivity (Wildman–Crippen MR) is 92.1 cm³/mol. The first-order valence-corrected chi connectivity index (χ1v) is 7.41. The summed E-state index contributed by atoms with van der Waals surface area (Å²) in [7, 11) is 0. The van der Waals surface area contributed by atoms with Crippen LogP contribution in [0.15, 0.2) is 59.4 Å². The lowest BCUT2D eigenvalue weighted by atomic mass is 10.1. The molecule has 0 saturated heterocycles. The molecule has 1 aromatic heterocycles. The number of amides is 1. The predicted octanol–water partition coefficient (Wildman–Crippen LogP) is 2.24. The molecule has 3 rings (SSSR count). The Morgan fingerprint density at radius 1 is 1.08 bits per heavy atom. The fourth-order valence-corrected chi connectivity index (χ4v) is 2.32. The van der Waals surface area contributed by atoms with Gasteiger partial charge in [-0.2, -0.15) is 0 Å². The highest BCUT2D eigenvalue weighted by Gasteiger charge is 2.12. The van der Waals surface area contributed by atoms with Crippen LogP contribution in [0.5, 0.6) is 5.75 Å². The first kappa shape index (κ1) is 16.3. The number of aromatic nitrogens is 1. The van der Waals surface area contributed by atoms with Gasteiger partial charge in [0.15, 0.2) is 6.61 Å². The fraction of sp³-hybridized carbons (Fsp3) is 0.0556. The molecule has 0 saturated carbocycles. The van der Waals surface area contributed by atoms with Crippen LogP contribution in [0.2, 0.25) is 0 Å². The van der Waals surface area contributed by atoms with Crippen molar-refractivity contribution >= 4 is 28.5 Å². The quantitative estimate of drug-likeness (QED) is 0.661. The SMILES string of the molecule is O=C(O)COc1cccc(NC(=O)c2cc3ccccc3[nH]c2=O)c1. The van der Waals surface area contributed by atoms with Crippen LogP contribution in [0, 0.1) is 0 Å². The molecule has 0 aliphatic heterocycles. The average molecular weight is 338 g/mol. The standard InChI is InChI=1S/C18H14N2O5/c21-16(22)10-25-13-6-3-5-12(9-13)19-17(23)14-8-11-4-1-2-7-15(11)20-18(14)24/h1-9H,10H2,(H,19,23)(H,20,24)(H,21,22). The van der Waals surface area contributed by atoms with Crippen molar-refractivity contribution in [2.75, 3.05) is 11.9 Å². The number of para-hydroxylation sites is 1. The van der Waals surface area contributed by atoms with Crippen molar-refractivity contribution in [3.63, 3.8) is 0 Å². The van der Waals surface area contributed by atoms with Gasteiger partial charge in [0.05, 0.1) is 0 Å². The summed E-state index contributed by atoms with van der Waals surface area (Å²) in [5, 5.41) is 12.0. The van der Waals surface area contributed by atoms with E-state index in [0.717, 1.165) is 5.39 Å². The van der Waals surface area contributed by atoms with Crippen LogP contribution in [0.3, 0.4) is 0 Å². The van der Waals surface area contributed by atoms with E-state index in [1.807, 2.05) is 6.07 Å². The number of anilines is 1. The van der Waals surface area contributed by atoms with Gasteiger partial charge < -0.3 is 20.1 Å². The molecule has 0 unspecified atom stereocenters. The molecule has 7 heteroatoms. The molecular formula is C18H14N2O5. The molecule has 1 heterocycles. The fourth-order valence-electron chi connectivity index (χ4n) is 2.32. The van der Waals surface area contributed by atoms with Gasteiger partial charge in [0, 0.05) is 17.3 Å². The number of aromatic amines is 1. The number of hydrogen-bond acceptors (Lipinski definition) is 4. The van der Waals surface area contributed by atoms with Gasteiger partial charge in [-0.05, 0) is 29.7 Å². The van der Waals surface area contributed by atoms with Crippen LogP contribution in [-0.2, 0) is 4.79 Å². The third kappa shape index (κ3) is 3.84. The lowest BCUT2D eigenvalue weighted by Crippen LogP contribution is -2.23. The summed E-state index contributed by atoms with van der Waals surface area (Å²) in [5.41, 5.74) is 0.526. The molecule has 3 N–H and O–H groups in total. The first-order chi connectivity index (χ1) is 12.0. The maximum Gasteiger partial charge on any atom is 0.341 e. The van der Waals surface area contributed by atoms with Crippen molar-refractivity contribution in [2.45, 2.75) is 0 Å². The van der Waals surface area contributed by atoms with Crippen LogP contribution in [0.1, 0.15) is 10.4 Å². The van der Waals surface area contributed by atoms with E-state index in [0.29, 0.717) is 17.0 Å². The highest BCUT2D eigenvalue weighted by Crippen LogP contribution is 2.18. The Labute approximate surface area is 141 Å². The van der Waals surface area contributed by atoms with E-state index in [9.17, 15) is 14.4 Å². The molecule has 3 aromatic rings. The van der Waals surface area contributed by atoms with Crippen LogP contribution in [-0.4, -0.2) is 28.6 Å². The first-order valence-electron chi connectivity index (χ1n) is 7.41. The Morgan fingerprint density at radius 2 is 1.88 bits per heavy atom. The number of hydrogen-bond donors (Lipinski definition) is 3. The second-order valence-electron chi connectivity index (χ2n) is 5.26. The third-order valence-corrected chi connectivity index (χ3v) is 3.45. The molecule has 7 nitrogen and oxygen atoms in total. The summed E-state index contributed by atoms with van der Waals surface area (Å²) >= 11 is 0. The van der Waals surface area contributed by atoms with Gasteiger partial charge in [0.1, 0.15) is 11.3 Å². The maximum atomic E-state index is 12.4. The Kier molecular flexibility index (Phi) is 4.47.